The molecular weight excluding hydrogens is 238 g/mol. The highest BCUT2D eigenvalue weighted by Gasteiger charge is 2.16. The molecule has 0 saturated carbocycles. The third kappa shape index (κ3) is 3.99. The minimum Gasteiger partial charge on any atom is -0.396 e. The molecule has 0 aromatic carbocycles. The van der Waals surface area contributed by atoms with E-state index in [1.165, 1.54) is 25.8 Å². The molecule has 5 N–H and O–H groups in total. The number of rotatable bonds is 5. The predicted molar refractivity (Wildman–Crippen MR) is 81.1 cm³/mol. The number of pyridine rings is 1. The molecule has 1 aromatic heterocycles. The van der Waals surface area contributed by atoms with Crippen LogP contribution < -0.4 is 16.8 Å². The second-order valence-electron chi connectivity index (χ2n) is 5.33. The molecule has 1 saturated heterocycles. The summed E-state index contributed by atoms with van der Waals surface area (Å²) in [6.45, 7) is 5.64. The molecule has 0 bridgehead atoms. The number of anilines is 3. The third-order valence-electron chi connectivity index (χ3n) is 3.83. The van der Waals surface area contributed by atoms with Crippen molar-refractivity contribution in [1.82, 2.24) is 9.88 Å². The van der Waals surface area contributed by atoms with E-state index in [1.807, 2.05) is 6.07 Å². The molecule has 1 aliphatic rings. The molecule has 0 radical (unpaired) electrons. The summed E-state index contributed by atoms with van der Waals surface area (Å²) in [7, 11) is 0. The maximum atomic E-state index is 5.68. The Labute approximate surface area is 115 Å². The summed E-state index contributed by atoms with van der Waals surface area (Å²) in [6.07, 6.45) is 5.18. The van der Waals surface area contributed by atoms with Crippen LogP contribution in [-0.4, -0.2) is 35.6 Å². The molecule has 5 nitrogen and oxygen atoms in total. The highest BCUT2D eigenvalue weighted by Crippen LogP contribution is 2.17. The van der Waals surface area contributed by atoms with E-state index in [1.54, 1.807) is 6.07 Å². The Morgan fingerprint density at radius 2 is 2.21 bits per heavy atom. The number of likely N-dealkylation sites (tertiary alicyclic amines) is 1. The smallest absolute Gasteiger partial charge is 0.149 e. The molecule has 0 aliphatic carbocycles. The molecule has 1 aromatic rings. The molecule has 1 aliphatic heterocycles. The number of piperidine rings is 1. The monoisotopic (exact) mass is 263 g/mol. The molecule has 106 valence electrons. The summed E-state index contributed by atoms with van der Waals surface area (Å²) >= 11 is 0. The van der Waals surface area contributed by atoms with E-state index in [0.717, 1.165) is 31.4 Å². The second-order valence-corrected chi connectivity index (χ2v) is 5.33. The number of nitrogens with two attached hydrogens (primary N) is 2. The maximum Gasteiger partial charge on any atom is 0.149 e. The lowest BCUT2D eigenvalue weighted by Gasteiger charge is -2.33. The molecular formula is C14H25N5. The SMILES string of the molecule is CC1CCCCN1CCCNc1ccc(N)c(N)n1. The van der Waals surface area contributed by atoms with Gasteiger partial charge in [0.15, 0.2) is 0 Å². The number of nitrogens with one attached hydrogen (secondary N) is 1. The van der Waals surface area contributed by atoms with Gasteiger partial charge in [-0.25, -0.2) is 4.98 Å². The summed E-state index contributed by atoms with van der Waals surface area (Å²) in [6, 6.07) is 4.39. The van der Waals surface area contributed by atoms with Crippen molar-refractivity contribution in [1.29, 1.82) is 0 Å². The van der Waals surface area contributed by atoms with E-state index in [0.29, 0.717) is 11.5 Å². The Bertz CT molecular complexity index is 407. The summed E-state index contributed by atoms with van der Waals surface area (Å²) < 4.78 is 0. The number of aromatic nitrogens is 1. The van der Waals surface area contributed by atoms with Crippen LogP contribution in [0.2, 0.25) is 0 Å². The molecule has 2 heterocycles. The first-order chi connectivity index (χ1) is 9.16. The largest absolute Gasteiger partial charge is 0.396 e. The average molecular weight is 263 g/mol. The van der Waals surface area contributed by atoms with Gasteiger partial charge in [0.2, 0.25) is 0 Å². The van der Waals surface area contributed by atoms with Gasteiger partial charge >= 0.3 is 0 Å². The highest BCUT2D eigenvalue weighted by atomic mass is 15.2. The second kappa shape index (κ2) is 6.61. The molecule has 1 fully saturated rings. The Morgan fingerprint density at radius 3 is 2.95 bits per heavy atom. The molecule has 1 unspecified atom stereocenters. The Hall–Kier alpha value is -1.49. The van der Waals surface area contributed by atoms with Crippen LogP contribution in [0.4, 0.5) is 17.3 Å². The van der Waals surface area contributed by atoms with Crippen LogP contribution in [0.3, 0.4) is 0 Å². The van der Waals surface area contributed by atoms with Gasteiger partial charge in [-0.1, -0.05) is 6.42 Å². The lowest BCUT2D eigenvalue weighted by Crippen LogP contribution is -2.38. The predicted octanol–water partition coefficient (Wildman–Crippen LogP) is 1.92. The normalized spacial score (nSPS) is 20.4. The van der Waals surface area contributed by atoms with Crippen molar-refractivity contribution in [2.45, 2.75) is 38.6 Å². The van der Waals surface area contributed by atoms with Crippen molar-refractivity contribution in [2.24, 2.45) is 0 Å². The number of nitrogen functional groups attached to an aromatic ring is 2. The van der Waals surface area contributed by atoms with Crippen LogP contribution >= 0.6 is 0 Å². The van der Waals surface area contributed by atoms with Gasteiger partial charge in [-0.2, -0.15) is 0 Å². The Balaban J connectivity index is 1.70. The third-order valence-corrected chi connectivity index (χ3v) is 3.83. The fourth-order valence-electron chi connectivity index (χ4n) is 2.57. The van der Waals surface area contributed by atoms with Crippen molar-refractivity contribution in [3.63, 3.8) is 0 Å². The fraction of sp³-hybridized carbons (Fsp3) is 0.643. The van der Waals surface area contributed by atoms with Crippen molar-refractivity contribution in [2.75, 3.05) is 36.4 Å². The van der Waals surface area contributed by atoms with Crippen LogP contribution in [0.15, 0.2) is 12.1 Å². The molecule has 19 heavy (non-hydrogen) atoms. The van der Waals surface area contributed by atoms with Crippen LogP contribution in [0, 0.1) is 0 Å². The topological polar surface area (TPSA) is 80.2 Å². The number of hydrogen-bond acceptors (Lipinski definition) is 5. The molecule has 2 rings (SSSR count). The van der Waals surface area contributed by atoms with Gasteiger partial charge in [0.1, 0.15) is 11.6 Å². The Morgan fingerprint density at radius 1 is 1.37 bits per heavy atom. The summed E-state index contributed by atoms with van der Waals surface area (Å²) in [5, 5.41) is 3.29. The van der Waals surface area contributed by atoms with E-state index in [4.69, 9.17) is 11.5 Å². The lowest BCUT2D eigenvalue weighted by atomic mass is 10.0. The van der Waals surface area contributed by atoms with Crippen molar-refractivity contribution in [3.8, 4) is 0 Å². The molecule has 1 atom stereocenters. The van der Waals surface area contributed by atoms with Crippen LogP contribution in [0.5, 0.6) is 0 Å². The zero-order valence-electron chi connectivity index (χ0n) is 11.7. The van der Waals surface area contributed by atoms with Gasteiger partial charge in [-0.05, 0) is 44.9 Å². The van der Waals surface area contributed by atoms with E-state index >= 15 is 0 Å². The molecule has 0 amide bonds. The van der Waals surface area contributed by atoms with Gasteiger partial charge in [0.05, 0.1) is 5.69 Å². The summed E-state index contributed by atoms with van der Waals surface area (Å²) in [4.78, 5) is 6.78. The zero-order chi connectivity index (χ0) is 13.7. The molecule has 0 spiro atoms. The van der Waals surface area contributed by atoms with E-state index in [2.05, 4.69) is 22.1 Å². The standard InChI is InChI=1S/C14H25N5/c1-11-5-2-3-9-19(11)10-4-8-17-13-7-6-12(15)14(16)18-13/h6-7,11H,2-5,8-10,15H2,1H3,(H3,16,17,18). The van der Waals surface area contributed by atoms with E-state index in [-0.39, 0.29) is 0 Å². The maximum absolute atomic E-state index is 5.68. The first-order valence-corrected chi connectivity index (χ1v) is 7.17. The number of hydrogen-bond donors (Lipinski definition) is 3. The van der Waals surface area contributed by atoms with Crippen molar-refractivity contribution >= 4 is 17.3 Å². The van der Waals surface area contributed by atoms with Crippen LogP contribution in [0.1, 0.15) is 32.6 Å². The molecule has 5 heteroatoms. The fourth-order valence-corrected chi connectivity index (χ4v) is 2.57. The first-order valence-electron chi connectivity index (χ1n) is 7.17. The van der Waals surface area contributed by atoms with Gasteiger partial charge in [-0.15, -0.1) is 0 Å². The van der Waals surface area contributed by atoms with Gasteiger partial charge in [0.25, 0.3) is 0 Å². The van der Waals surface area contributed by atoms with E-state index < -0.39 is 0 Å². The van der Waals surface area contributed by atoms with Crippen molar-refractivity contribution < 1.29 is 0 Å². The van der Waals surface area contributed by atoms with Crippen molar-refractivity contribution in [3.05, 3.63) is 12.1 Å². The van der Waals surface area contributed by atoms with Gasteiger partial charge < -0.3 is 21.7 Å². The quantitative estimate of drug-likeness (QED) is 0.707. The van der Waals surface area contributed by atoms with Gasteiger partial charge in [-0.3, -0.25) is 0 Å². The number of nitrogens with zero attached hydrogens (tertiary/aromatic N) is 2. The average Bonchev–Trinajstić information content (AvgIpc) is 2.40. The van der Waals surface area contributed by atoms with Gasteiger partial charge in [0, 0.05) is 19.1 Å². The first kappa shape index (κ1) is 13.9. The summed E-state index contributed by atoms with van der Waals surface area (Å²) in [5.74, 6) is 1.20. The Kier molecular flexibility index (Phi) is 4.85. The van der Waals surface area contributed by atoms with Crippen LogP contribution in [-0.2, 0) is 0 Å². The lowest BCUT2D eigenvalue weighted by molar-refractivity contribution is 0.160. The highest BCUT2D eigenvalue weighted by molar-refractivity contribution is 5.61. The summed E-state index contributed by atoms with van der Waals surface area (Å²) in [5.41, 5.74) is 11.8. The van der Waals surface area contributed by atoms with Crippen LogP contribution in [0.25, 0.3) is 0 Å². The van der Waals surface area contributed by atoms with E-state index in [9.17, 15) is 0 Å². The minimum absolute atomic E-state index is 0.398. The zero-order valence-corrected chi connectivity index (χ0v) is 11.7. The minimum atomic E-state index is 0.398.